The zero-order chi connectivity index (χ0) is 32.3. The highest BCUT2D eigenvalue weighted by atomic mass is 19.1. The second-order valence-electron chi connectivity index (χ2n) is 12.0. The molecule has 4 aromatic rings. The van der Waals surface area contributed by atoms with E-state index >= 15 is 4.39 Å². The largest absolute Gasteiger partial charge is 0.486 e. The van der Waals surface area contributed by atoms with Gasteiger partial charge in [0.1, 0.15) is 29.9 Å². The summed E-state index contributed by atoms with van der Waals surface area (Å²) >= 11 is 0. The summed E-state index contributed by atoms with van der Waals surface area (Å²) in [5, 5.41) is 19.8. The number of rotatable bonds is 8. The van der Waals surface area contributed by atoms with Crippen LogP contribution in [0.15, 0.2) is 54.9 Å². The number of aryl methyl sites for hydroxylation is 1. The van der Waals surface area contributed by atoms with Gasteiger partial charge in [-0.25, -0.2) is 14.4 Å². The highest BCUT2D eigenvalue weighted by Gasteiger charge is 2.34. The molecule has 7 rings (SSSR count). The molecule has 0 spiro atoms. The minimum absolute atomic E-state index is 0.113. The van der Waals surface area contributed by atoms with Gasteiger partial charge in [0.05, 0.1) is 37.1 Å². The molecule has 242 valence electrons. The number of piperidine rings is 1. The van der Waals surface area contributed by atoms with Crippen molar-refractivity contribution in [2.24, 2.45) is 0 Å². The number of nitriles is 1. The maximum absolute atomic E-state index is 15.2. The number of aromatic amines is 1. The van der Waals surface area contributed by atoms with Gasteiger partial charge in [-0.2, -0.15) is 15.3 Å². The molecule has 0 saturated carbocycles. The lowest BCUT2D eigenvalue weighted by Crippen LogP contribution is -2.56. The van der Waals surface area contributed by atoms with Crippen LogP contribution in [-0.4, -0.2) is 112 Å². The van der Waals surface area contributed by atoms with Crippen LogP contribution in [0.1, 0.15) is 28.2 Å². The van der Waals surface area contributed by atoms with Crippen LogP contribution in [0, 0.1) is 18.3 Å². The smallest absolute Gasteiger partial charge is 0.271 e. The number of likely N-dealkylation sites (tertiary alicyclic amines) is 1. The number of hydrogen-bond donors (Lipinski definition) is 2. The lowest BCUT2D eigenvalue weighted by atomic mass is 10.0. The number of nitrogens with zero attached hydrogens (tertiary/aromatic N) is 8. The van der Waals surface area contributed by atoms with Gasteiger partial charge in [-0.15, -0.1) is 0 Å². The standard InChI is InChI=1S/C33H35FN10O3/c1-21-14-28(41-40-21)32(45)44-9-8-30(27(34)17-44)47-29-7-2-22(15-23(29)16-35)31-36-20-37-33(39-31)38-24-3-5-25(6-4-24)42-10-12-43(13-11-42)26-18-46-19-26/h2-7,14-15,20,26-27,30H,8-13,17-19H2,1H3,(H,40,41)(H,36,37,38,39)/t27-,30+/m1/s1. The van der Waals surface area contributed by atoms with Crippen LogP contribution in [0.25, 0.3) is 11.4 Å². The van der Waals surface area contributed by atoms with Crippen LogP contribution in [0.3, 0.4) is 0 Å². The monoisotopic (exact) mass is 638 g/mol. The van der Waals surface area contributed by atoms with E-state index in [1.54, 1.807) is 31.2 Å². The third-order valence-corrected chi connectivity index (χ3v) is 8.85. The highest BCUT2D eigenvalue weighted by molar-refractivity contribution is 5.92. The molecular weight excluding hydrogens is 603 g/mol. The number of alkyl halides is 1. The number of ether oxygens (including phenoxy) is 2. The zero-order valence-corrected chi connectivity index (χ0v) is 26.0. The Morgan fingerprint density at radius 3 is 2.57 bits per heavy atom. The van der Waals surface area contributed by atoms with Crippen LogP contribution < -0.4 is 15.0 Å². The number of carbonyl (C=O) groups is 1. The van der Waals surface area contributed by atoms with Gasteiger partial charge in [-0.1, -0.05) is 0 Å². The van der Waals surface area contributed by atoms with Gasteiger partial charge in [-0.05, 0) is 55.5 Å². The number of hydrogen-bond acceptors (Lipinski definition) is 11. The molecule has 3 saturated heterocycles. The van der Waals surface area contributed by atoms with Crippen molar-refractivity contribution in [3.05, 3.63) is 71.8 Å². The van der Waals surface area contributed by atoms with Gasteiger partial charge in [-0.3, -0.25) is 14.8 Å². The van der Waals surface area contributed by atoms with Crippen molar-refractivity contribution < 1.29 is 18.7 Å². The number of piperazine rings is 1. The summed E-state index contributed by atoms with van der Waals surface area (Å²) in [6, 6.07) is 17.5. The fraction of sp³-hybridized carbons (Fsp3) is 0.394. The number of nitrogens with one attached hydrogen (secondary N) is 2. The van der Waals surface area contributed by atoms with E-state index in [4.69, 9.17) is 9.47 Å². The summed E-state index contributed by atoms with van der Waals surface area (Å²) in [7, 11) is 0. The van der Waals surface area contributed by atoms with Gasteiger partial charge in [0.2, 0.25) is 5.95 Å². The first-order valence-electron chi connectivity index (χ1n) is 15.7. The number of aromatic nitrogens is 5. The van der Waals surface area contributed by atoms with E-state index in [1.165, 1.54) is 16.9 Å². The van der Waals surface area contributed by atoms with Crippen LogP contribution >= 0.6 is 0 Å². The Balaban J connectivity index is 0.965. The Bertz CT molecular complexity index is 1760. The summed E-state index contributed by atoms with van der Waals surface area (Å²) in [6.07, 6.45) is -0.530. The van der Waals surface area contributed by atoms with E-state index in [1.807, 2.05) is 12.1 Å². The zero-order valence-electron chi connectivity index (χ0n) is 26.0. The molecule has 2 aromatic heterocycles. The van der Waals surface area contributed by atoms with Crippen molar-refractivity contribution >= 4 is 23.2 Å². The predicted molar refractivity (Wildman–Crippen MR) is 171 cm³/mol. The molecule has 2 atom stereocenters. The van der Waals surface area contributed by atoms with E-state index < -0.39 is 12.3 Å². The summed E-state index contributed by atoms with van der Waals surface area (Å²) in [5.74, 6) is 0.700. The van der Waals surface area contributed by atoms with Gasteiger partial charge < -0.3 is 24.6 Å². The second kappa shape index (κ2) is 13.3. The first-order valence-corrected chi connectivity index (χ1v) is 15.7. The molecule has 14 heteroatoms. The Kier molecular flexibility index (Phi) is 8.64. The fourth-order valence-electron chi connectivity index (χ4n) is 6.08. The summed E-state index contributed by atoms with van der Waals surface area (Å²) in [5.41, 5.74) is 3.84. The lowest BCUT2D eigenvalue weighted by Gasteiger charge is -2.43. The molecule has 0 aliphatic carbocycles. The Hall–Kier alpha value is -5.13. The summed E-state index contributed by atoms with van der Waals surface area (Å²) in [6.45, 7) is 7.70. The molecule has 1 amide bonds. The van der Waals surface area contributed by atoms with E-state index in [9.17, 15) is 10.1 Å². The number of H-pyrrole nitrogens is 1. The van der Waals surface area contributed by atoms with Gasteiger partial charge in [0.15, 0.2) is 12.0 Å². The van der Waals surface area contributed by atoms with Gasteiger partial charge in [0, 0.05) is 56.1 Å². The minimum Gasteiger partial charge on any atom is -0.486 e. The van der Waals surface area contributed by atoms with E-state index in [2.05, 4.69) is 58.5 Å². The normalized spacial score (nSPS) is 20.4. The SMILES string of the molecule is Cc1cc(C(=O)N2CC[C@H](Oc3ccc(-c4ncnc(Nc5ccc(N6CCN(C7COC7)CC6)cc5)n4)cc3C#N)[C@H](F)C2)[nH]n1. The maximum Gasteiger partial charge on any atom is 0.271 e. The molecule has 3 aliphatic heterocycles. The predicted octanol–water partition coefficient (Wildman–Crippen LogP) is 3.34. The van der Waals surface area contributed by atoms with Gasteiger partial charge in [0.25, 0.3) is 5.91 Å². The van der Waals surface area contributed by atoms with Crippen LogP contribution in [-0.2, 0) is 4.74 Å². The molecule has 0 bridgehead atoms. The third-order valence-electron chi connectivity index (χ3n) is 8.85. The average molecular weight is 639 g/mol. The minimum atomic E-state index is -1.42. The Morgan fingerprint density at radius 1 is 1.09 bits per heavy atom. The molecule has 0 unspecified atom stereocenters. The third kappa shape index (κ3) is 6.72. The lowest BCUT2D eigenvalue weighted by molar-refractivity contribution is -0.0660. The first-order chi connectivity index (χ1) is 22.9. The van der Waals surface area contributed by atoms with Crippen molar-refractivity contribution in [1.29, 1.82) is 5.26 Å². The number of halogens is 1. The first kappa shape index (κ1) is 30.5. The molecule has 3 fully saturated rings. The number of anilines is 3. The molecule has 47 heavy (non-hydrogen) atoms. The van der Waals surface area contributed by atoms with Crippen molar-refractivity contribution in [2.75, 3.05) is 62.7 Å². The molecule has 3 aliphatic rings. The van der Waals surface area contributed by atoms with Crippen molar-refractivity contribution in [3.8, 4) is 23.2 Å². The van der Waals surface area contributed by atoms with Gasteiger partial charge >= 0.3 is 0 Å². The van der Waals surface area contributed by atoms with Crippen LogP contribution in [0.4, 0.5) is 21.7 Å². The molecule has 0 radical (unpaired) electrons. The number of benzene rings is 2. The fourth-order valence-corrected chi connectivity index (χ4v) is 6.08. The van der Waals surface area contributed by atoms with Crippen molar-refractivity contribution in [3.63, 3.8) is 0 Å². The molecule has 5 heterocycles. The Labute approximate surface area is 271 Å². The van der Waals surface area contributed by atoms with Crippen LogP contribution in [0.5, 0.6) is 5.75 Å². The summed E-state index contributed by atoms with van der Waals surface area (Å²) < 4.78 is 26.5. The van der Waals surface area contributed by atoms with E-state index in [-0.39, 0.29) is 30.2 Å². The number of carbonyl (C=O) groups excluding carboxylic acids is 1. The molecule has 2 aromatic carbocycles. The van der Waals surface area contributed by atoms with Crippen LogP contribution in [0.2, 0.25) is 0 Å². The molecule has 13 nitrogen and oxygen atoms in total. The second-order valence-corrected chi connectivity index (χ2v) is 12.0. The molecule has 2 N–H and O–H groups in total. The quantitative estimate of drug-likeness (QED) is 0.293. The highest BCUT2D eigenvalue weighted by Crippen LogP contribution is 2.29. The number of amides is 1. The maximum atomic E-state index is 15.2. The van der Waals surface area contributed by atoms with E-state index in [0.717, 1.165) is 45.1 Å². The van der Waals surface area contributed by atoms with Crippen molar-refractivity contribution in [1.82, 2.24) is 34.9 Å². The molecular formula is C33H35FN10O3. The van der Waals surface area contributed by atoms with Crippen molar-refractivity contribution in [2.45, 2.75) is 31.7 Å². The average Bonchev–Trinajstić information content (AvgIpc) is 3.51. The van der Waals surface area contributed by atoms with E-state index in [0.29, 0.717) is 41.3 Å². The topological polar surface area (TPSA) is 148 Å². The Morgan fingerprint density at radius 2 is 1.89 bits per heavy atom. The summed E-state index contributed by atoms with van der Waals surface area (Å²) in [4.78, 5) is 32.2.